The molecule has 0 radical (unpaired) electrons. The third kappa shape index (κ3) is 4.77. The van der Waals surface area contributed by atoms with Crippen LogP contribution >= 0.6 is 0 Å². The van der Waals surface area contributed by atoms with Gasteiger partial charge in [0.25, 0.3) is 5.91 Å². The minimum absolute atomic E-state index is 0.0282. The Morgan fingerprint density at radius 2 is 1.86 bits per heavy atom. The van der Waals surface area contributed by atoms with Gasteiger partial charge in [-0.2, -0.15) is 0 Å². The lowest BCUT2D eigenvalue weighted by Crippen LogP contribution is -2.33. The van der Waals surface area contributed by atoms with Crippen molar-refractivity contribution in [3.63, 3.8) is 0 Å². The second kappa shape index (κ2) is 8.38. The summed E-state index contributed by atoms with van der Waals surface area (Å²) in [5.41, 5.74) is 1.38. The highest BCUT2D eigenvalue weighted by atomic mass is 19.1. The largest absolute Gasteiger partial charge is 0.452 e. The first-order valence-electron chi connectivity index (χ1n) is 9.08. The summed E-state index contributed by atoms with van der Waals surface area (Å²) in [7, 11) is 0. The molecular weight excluding hydrogens is 382 g/mol. The van der Waals surface area contributed by atoms with E-state index in [0.29, 0.717) is 5.69 Å². The van der Waals surface area contributed by atoms with Crippen molar-refractivity contribution < 1.29 is 27.9 Å². The Hall–Kier alpha value is -3.29. The van der Waals surface area contributed by atoms with Gasteiger partial charge in [-0.25, -0.2) is 8.78 Å². The smallest absolute Gasteiger partial charge is 0.312 e. The van der Waals surface area contributed by atoms with Gasteiger partial charge in [0.15, 0.2) is 6.10 Å². The maximum Gasteiger partial charge on any atom is 0.312 e. The monoisotopic (exact) mass is 402 g/mol. The molecular formula is C21H20F2N2O4. The first-order chi connectivity index (χ1) is 13.7. The normalized spacial score (nSPS) is 17.2. The Morgan fingerprint density at radius 1 is 1.17 bits per heavy atom. The van der Waals surface area contributed by atoms with Crippen LogP contribution in [0.25, 0.3) is 0 Å². The van der Waals surface area contributed by atoms with Crippen molar-refractivity contribution in [3.05, 3.63) is 59.7 Å². The summed E-state index contributed by atoms with van der Waals surface area (Å²) in [5, 5.41) is 2.19. The van der Waals surface area contributed by atoms with Gasteiger partial charge in [0.05, 0.1) is 11.6 Å². The summed E-state index contributed by atoms with van der Waals surface area (Å²) in [5.74, 6) is -3.96. The van der Waals surface area contributed by atoms with Crippen LogP contribution in [0.1, 0.15) is 18.9 Å². The Kier molecular flexibility index (Phi) is 5.91. The van der Waals surface area contributed by atoms with Crippen LogP contribution in [0.3, 0.4) is 0 Å². The number of hydrogen-bond acceptors (Lipinski definition) is 4. The summed E-state index contributed by atoms with van der Waals surface area (Å²) in [6, 6.07) is 9.96. The minimum Gasteiger partial charge on any atom is -0.452 e. The molecule has 0 bridgehead atoms. The molecule has 0 spiro atoms. The van der Waals surface area contributed by atoms with E-state index >= 15 is 0 Å². The number of rotatable bonds is 5. The molecule has 1 aliphatic rings. The van der Waals surface area contributed by atoms with E-state index in [1.807, 2.05) is 19.1 Å². The molecule has 152 valence electrons. The van der Waals surface area contributed by atoms with Gasteiger partial charge in [-0.05, 0) is 38.1 Å². The van der Waals surface area contributed by atoms with E-state index in [2.05, 4.69) is 5.32 Å². The van der Waals surface area contributed by atoms with Crippen molar-refractivity contribution in [1.82, 2.24) is 0 Å². The molecule has 0 unspecified atom stereocenters. The van der Waals surface area contributed by atoms with Crippen molar-refractivity contribution in [2.75, 3.05) is 16.8 Å². The number of carbonyl (C=O) groups excluding carboxylic acids is 3. The van der Waals surface area contributed by atoms with E-state index in [0.717, 1.165) is 23.8 Å². The lowest BCUT2D eigenvalue weighted by atomic mass is 10.1. The van der Waals surface area contributed by atoms with Crippen LogP contribution in [0.4, 0.5) is 20.2 Å². The van der Waals surface area contributed by atoms with Crippen LogP contribution in [0.5, 0.6) is 0 Å². The number of aryl methyl sites for hydroxylation is 1. The molecule has 1 fully saturated rings. The van der Waals surface area contributed by atoms with E-state index in [4.69, 9.17) is 4.74 Å². The van der Waals surface area contributed by atoms with Gasteiger partial charge in [-0.1, -0.05) is 17.7 Å². The van der Waals surface area contributed by atoms with Crippen LogP contribution in [0.15, 0.2) is 42.5 Å². The van der Waals surface area contributed by atoms with E-state index < -0.39 is 35.5 Å². The molecule has 0 saturated carbocycles. The Morgan fingerprint density at radius 3 is 2.55 bits per heavy atom. The predicted molar refractivity (Wildman–Crippen MR) is 102 cm³/mol. The van der Waals surface area contributed by atoms with Gasteiger partial charge in [0, 0.05) is 24.7 Å². The predicted octanol–water partition coefficient (Wildman–Crippen LogP) is 3.20. The van der Waals surface area contributed by atoms with Crippen LogP contribution in [-0.2, 0) is 19.1 Å². The Bertz CT molecular complexity index is 946. The number of benzene rings is 2. The third-order valence-corrected chi connectivity index (χ3v) is 4.65. The standard InChI is InChI=1S/C21H20F2N2O4/c1-12-3-6-16(7-4-12)25-11-14(9-19(25)26)21(28)29-13(2)20(27)24-18-10-15(22)5-8-17(18)23/h3-8,10,13-14H,9,11H2,1-2H3,(H,24,27)/t13-,14-/m1/s1. The van der Waals surface area contributed by atoms with E-state index in [9.17, 15) is 23.2 Å². The van der Waals surface area contributed by atoms with Gasteiger partial charge in [0.1, 0.15) is 11.6 Å². The van der Waals surface area contributed by atoms with Crippen LogP contribution < -0.4 is 10.2 Å². The lowest BCUT2D eigenvalue weighted by molar-refractivity contribution is -0.157. The molecule has 2 amide bonds. The molecule has 8 heteroatoms. The minimum atomic E-state index is -1.24. The van der Waals surface area contributed by atoms with Gasteiger partial charge < -0.3 is 15.0 Å². The summed E-state index contributed by atoms with van der Waals surface area (Å²) >= 11 is 0. The van der Waals surface area contributed by atoms with Crippen molar-refractivity contribution in [1.29, 1.82) is 0 Å². The van der Waals surface area contributed by atoms with Crippen LogP contribution in [0, 0.1) is 24.5 Å². The molecule has 2 aromatic rings. The molecule has 0 aliphatic carbocycles. The lowest BCUT2D eigenvalue weighted by Gasteiger charge is -2.18. The average Bonchev–Trinajstić information content (AvgIpc) is 3.07. The first kappa shape index (κ1) is 20.4. The number of ether oxygens (including phenoxy) is 1. The van der Waals surface area contributed by atoms with Crippen molar-refractivity contribution in [2.45, 2.75) is 26.4 Å². The molecule has 2 aromatic carbocycles. The molecule has 3 rings (SSSR count). The average molecular weight is 402 g/mol. The topological polar surface area (TPSA) is 75.7 Å². The number of nitrogens with one attached hydrogen (secondary N) is 1. The molecule has 1 N–H and O–H groups in total. The number of nitrogens with zero attached hydrogens (tertiary/aromatic N) is 1. The summed E-state index contributed by atoms with van der Waals surface area (Å²) < 4.78 is 32.0. The fourth-order valence-electron chi connectivity index (χ4n) is 2.99. The molecule has 1 aliphatic heterocycles. The Balaban J connectivity index is 1.59. The number of carbonyl (C=O) groups is 3. The molecule has 29 heavy (non-hydrogen) atoms. The van der Waals surface area contributed by atoms with Crippen molar-refractivity contribution in [3.8, 4) is 0 Å². The zero-order valence-corrected chi connectivity index (χ0v) is 15.9. The van der Waals surface area contributed by atoms with E-state index in [1.54, 1.807) is 12.1 Å². The maximum absolute atomic E-state index is 13.6. The van der Waals surface area contributed by atoms with Crippen molar-refractivity contribution >= 4 is 29.2 Å². The molecule has 1 heterocycles. The fraction of sp³-hybridized carbons (Fsp3) is 0.286. The second-order valence-corrected chi connectivity index (χ2v) is 6.93. The number of amides is 2. The zero-order chi connectivity index (χ0) is 21.1. The second-order valence-electron chi connectivity index (χ2n) is 6.93. The summed E-state index contributed by atoms with van der Waals surface area (Å²) in [4.78, 5) is 38.3. The third-order valence-electron chi connectivity index (χ3n) is 4.65. The summed E-state index contributed by atoms with van der Waals surface area (Å²) in [6.45, 7) is 3.39. The number of hydrogen-bond donors (Lipinski definition) is 1. The fourth-order valence-corrected chi connectivity index (χ4v) is 2.99. The highest BCUT2D eigenvalue weighted by Gasteiger charge is 2.37. The quantitative estimate of drug-likeness (QED) is 0.780. The van der Waals surface area contributed by atoms with E-state index in [-0.39, 0.29) is 24.6 Å². The molecule has 0 aromatic heterocycles. The zero-order valence-electron chi connectivity index (χ0n) is 15.9. The number of anilines is 2. The molecule has 1 saturated heterocycles. The maximum atomic E-state index is 13.6. The SMILES string of the molecule is Cc1ccc(N2C[C@H](C(=O)O[C@H](C)C(=O)Nc3cc(F)ccc3F)CC2=O)cc1. The summed E-state index contributed by atoms with van der Waals surface area (Å²) in [6.07, 6.45) is -1.27. The van der Waals surface area contributed by atoms with Gasteiger partial charge in [-0.3, -0.25) is 14.4 Å². The van der Waals surface area contributed by atoms with Crippen molar-refractivity contribution in [2.24, 2.45) is 5.92 Å². The highest BCUT2D eigenvalue weighted by Crippen LogP contribution is 2.26. The molecule has 2 atom stereocenters. The first-order valence-corrected chi connectivity index (χ1v) is 9.08. The van der Waals surface area contributed by atoms with E-state index in [1.165, 1.54) is 11.8 Å². The van der Waals surface area contributed by atoms with Crippen LogP contribution in [0.2, 0.25) is 0 Å². The molecule has 6 nitrogen and oxygen atoms in total. The van der Waals surface area contributed by atoms with Gasteiger partial charge >= 0.3 is 5.97 Å². The van der Waals surface area contributed by atoms with Gasteiger partial charge in [0.2, 0.25) is 5.91 Å². The number of esters is 1. The van der Waals surface area contributed by atoms with Crippen LogP contribution in [-0.4, -0.2) is 30.4 Å². The Labute approximate surface area is 166 Å². The van der Waals surface area contributed by atoms with Gasteiger partial charge in [-0.15, -0.1) is 0 Å². The number of halogens is 2. The highest BCUT2D eigenvalue weighted by molar-refractivity contribution is 6.00.